The summed E-state index contributed by atoms with van der Waals surface area (Å²) in [6.07, 6.45) is 1.29. The number of aryl methyl sites for hydroxylation is 1. The molecule has 1 amide bonds. The van der Waals surface area contributed by atoms with Crippen LogP contribution in [0, 0.1) is 6.92 Å². The van der Waals surface area contributed by atoms with Gasteiger partial charge in [-0.1, -0.05) is 6.07 Å². The summed E-state index contributed by atoms with van der Waals surface area (Å²) in [5.41, 5.74) is 2.62. The van der Waals surface area contributed by atoms with Gasteiger partial charge in [0.2, 0.25) is 5.91 Å². The lowest BCUT2D eigenvalue weighted by atomic mass is 10.2. The third kappa shape index (κ3) is 3.77. The zero-order valence-electron chi connectivity index (χ0n) is 14.9. The molecule has 0 unspecified atom stereocenters. The molecule has 8 heteroatoms. The molecule has 0 atom stereocenters. The Kier molecular flexibility index (Phi) is 4.62. The van der Waals surface area contributed by atoms with Gasteiger partial charge in [0.25, 0.3) is 5.56 Å². The number of benzene rings is 2. The summed E-state index contributed by atoms with van der Waals surface area (Å²) in [6, 6.07) is 14.7. The van der Waals surface area contributed by atoms with Gasteiger partial charge in [0.05, 0.1) is 10.2 Å². The molecule has 0 aliphatic heterocycles. The highest BCUT2D eigenvalue weighted by atomic mass is 32.1. The quantitative estimate of drug-likeness (QED) is 0.558. The van der Waals surface area contributed by atoms with Crippen molar-refractivity contribution in [3.05, 3.63) is 81.1 Å². The molecular formula is C20H16N4O3S. The lowest BCUT2D eigenvalue weighted by molar-refractivity contribution is -0.116. The normalized spacial score (nSPS) is 10.9. The summed E-state index contributed by atoms with van der Waals surface area (Å²) in [6.45, 7) is 1.87. The molecule has 0 saturated carbocycles. The van der Waals surface area contributed by atoms with Gasteiger partial charge in [-0.25, -0.2) is 9.78 Å². The van der Waals surface area contributed by atoms with Crippen LogP contribution in [0.3, 0.4) is 0 Å². The van der Waals surface area contributed by atoms with Crippen molar-refractivity contribution in [1.82, 2.24) is 14.5 Å². The number of nitrogens with zero attached hydrogens (tertiary/aromatic N) is 2. The third-order valence-corrected chi connectivity index (χ3v) is 5.24. The van der Waals surface area contributed by atoms with Crippen LogP contribution in [0.2, 0.25) is 0 Å². The molecule has 4 aromatic rings. The topological polar surface area (TPSA) is 96.8 Å². The molecule has 7 nitrogen and oxygen atoms in total. The largest absolute Gasteiger partial charge is 0.328 e. The van der Waals surface area contributed by atoms with E-state index in [9.17, 15) is 14.4 Å². The number of carbonyl (C=O) groups is 1. The van der Waals surface area contributed by atoms with Gasteiger partial charge in [0.15, 0.2) is 0 Å². The van der Waals surface area contributed by atoms with Crippen molar-refractivity contribution in [2.24, 2.45) is 0 Å². The summed E-state index contributed by atoms with van der Waals surface area (Å²) in [5, 5.41) is 3.65. The van der Waals surface area contributed by atoms with Crippen LogP contribution in [0.15, 0.2) is 64.3 Å². The highest BCUT2D eigenvalue weighted by Crippen LogP contribution is 2.31. The zero-order valence-corrected chi connectivity index (χ0v) is 15.7. The second kappa shape index (κ2) is 7.24. The first-order chi connectivity index (χ1) is 13.5. The molecular weight excluding hydrogens is 376 g/mol. The number of amides is 1. The summed E-state index contributed by atoms with van der Waals surface area (Å²) in [5.74, 6) is -0.364. The molecule has 28 heavy (non-hydrogen) atoms. The van der Waals surface area contributed by atoms with E-state index in [1.165, 1.54) is 17.8 Å². The monoisotopic (exact) mass is 392 g/mol. The lowest BCUT2D eigenvalue weighted by Gasteiger charge is -2.07. The van der Waals surface area contributed by atoms with Crippen LogP contribution < -0.4 is 16.6 Å². The highest BCUT2D eigenvalue weighted by Gasteiger charge is 2.08. The molecule has 2 aromatic heterocycles. The minimum Gasteiger partial charge on any atom is -0.325 e. The van der Waals surface area contributed by atoms with Gasteiger partial charge in [0, 0.05) is 23.5 Å². The van der Waals surface area contributed by atoms with Crippen molar-refractivity contribution >= 4 is 33.1 Å². The predicted molar refractivity (Wildman–Crippen MR) is 110 cm³/mol. The maximum Gasteiger partial charge on any atom is 0.328 e. The van der Waals surface area contributed by atoms with Crippen LogP contribution >= 0.6 is 11.3 Å². The minimum absolute atomic E-state index is 0.186. The van der Waals surface area contributed by atoms with Crippen LogP contribution in [-0.4, -0.2) is 20.4 Å². The molecule has 2 aromatic carbocycles. The SMILES string of the molecule is Cc1ccc2nc(-c3ccc(NC(=O)Cn4ccc(=O)[nH]c4=O)cc3)sc2c1. The zero-order chi connectivity index (χ0) is 19.7. The lowest BCUT2D eigenvalue weighted by Crippen LogP contribution is -2.32. The summed E-state index contributed by atoms with van der Waals surface area (Å²) >= 11 is 1.62. The number of thiazole rings is 1. The minimum atomic E-state index is -0.621. The molecule has 2 heterocycles. The number of hydrogen-bond acceptors (Lipinski definition) is 5. The van der Waals surface area contributed by atoms with Gasteiger partial charge < -0.3 is 5.32 Å². The van der Waals surface area contributed by atoms with Gasteiger partial charge in [-0.2, -0.15) is 0 Å². The fourth-order valence-corrected chi connectivity index (χ4v) is 3.84. The van der Waals surface area contributed by atoms with Crippen molar-refractivity contribution in [2.45, 2.75) is 13.5 Å². The van der Waals surface area contributed by atoms with E-state index in [1.54, 1.807) is 23.5 Å². The number of rotatable bonds is 4. The van der Waals surface area contributed by atoms with E-state index in [-0.39, 0.29) is 12.5 Å². The highest BCUT2D eigenvalue weighted by molar-refractivity contribution is 7.21. The first-order valence-electron chi connectivity index (χ1n) is 8.55. The molecule has 0 fully saturated rings. The number of fused-ring (bicyclic) bond motifs is 1. The van der Waals surface area contributed by atoms with Crippen molar-refractivity contribution in [1.29, 1.82) is 0 Å². The van der Waals surface area contributed by atoms with Crippen LogP contribution in [0.25, 0.3) is 20.8 Å². The molecule has 0 saturated heterocycles. The summed E-state index contributed by atoms with van der Waals surface area (Å²) in [4.78, 5) is 41.6. The van der Waals surface area contributed by atoms with Crippen LogP contribution in [-0.2, 0) is 11.3 Å². The number of anilines is 1. The van der Waals surface area contributed by atoms with Crippen molar-refractivity contribution in [3.8, 4) is 10.6 Å². The van der Waals surface area contributed by atoms with E-state index in [1.807, 2.05) is 24.3 Å². The number of carbonyl (C=O) groups excluding carboxylic acids is 1. The fraction of sp³-hybridized carbons (Fsp3) is 0.100. The fourth-order valence-electron chi connectivity index (χ4n) is 2.78. The van der Waals surface area contributed by atoms with Crippen LogP contribution in [0.4, 0.5) is 5.69 Å². The molecule has 140 valence electrons. The van der Waals surface area contributed by atoms with Gasteiger partial charge >= 0.3 is 5.69 Å². The predicted octanol–water partition coefficient (Wildman–Crippen LogP) is 2.76. The summed E-state index contributed by atoms with van der Waals surface area (Å²) in [7, 11) is 0. The Morgan fingerprint density at radius 1 is 1.14 bits per heavy atom. The van der Waals surface area contributed by atoms with E-state index < -0.39 is 11.2 Å². The maximum absolute atomic E-state index is 12.2. The Morgan fingerprint density at radius 3 is 2.68 bits per heavy atom. The molecule has 0 radical (unpaired) electrons. The first-order valence-corrected chi connectivity index (χ1v) is 9.37. The second-order valence-corrected chi connectivity index (χ2v) is 7.38. The van der Waals surface area contributed by atoms with E-state index in [0.717, 1.165) is 25.4 Å². The number of hydrogen-bond donors (Lipinski definition) is 2. The Bertz CT molecular complexity index is 1290. The van der Waals surface area contributed by atoms with Crippen LogP contribution in [0.5, 0.6) is 0 Å². The van der Waals surface area contributed by atoms with Crippen LogP contribution in [0.1, 0.15) is 5.56 Å². The first kappa shape index (κ1) is 17.9. The van der Waals surface area contributed by atoms with E-state index in [2.05, 4.69) is 28.3 Å². The maximum atomic E-state index is 12.2. The standard InChI is InChI=1S/C20H16N4O3S/c1-12-2-7-15-16(10-12)28-19(22-15)13-3-5-14(6-4-13)21-18(26)11-24-9-8-17(25)23-20(24)27/h2-10H,11H2,1H3,(H,21,26)(H,23,25,27). The molecule has 0 aliphatic carbocycles. The molecule has 2 N–H and O–H groups in total. The van der Waals surface area contributed by atoms with Crippen molar-refractivity contribution in [2.75, 3.05) is 5.32 Å². The second-order valence-electron chi connectivity index (χ2n) is 6.35. The number of aromatic nitrogens is 3. The number of H-pyrrole nitrogens is 1. The molecule has 0 aliphatic rings. The van der Waals surface area contributed by atoms with Gasteiger partial charge in [-0.05, 0) is 48.9 Å². The Hall–Kier alpha value is -3.52. The smallest absolute Gasteiger partial charge is 0.325 e. The van der Waals surface area contributed by atoms with E-state index in [0.29, 0.717) is 5.69 Å². The van der Waals surface area contributed by atoms with E-state index in [4.69, 9.17) is 0 Å². The van der Waals surface area contributed by atoms with E-state index >= 15 is 0 Å². The van der Waals surface area contributed by atoms with Gasteiger partial charge in [-0.3, -0.25) is 19.1 Å². The van der Waals surface area contributed by atoms with Gasteiger partial charge in [0.1, 0.15) is 11.6 Å². The Balaban J connectivity index is 1.48. The summed E-state index contributed by atoms with van der Waals surface area (Å²) < 4.78 is 2.27. The molecule has 0 bridgehead atoms. The number of aromatic amines is 1. The Labute approximate surface area is 163 Å². The molecule has 4 rings (SSSR count). The average molecular weight is 392 g/mol. The number of nitrogens with one attached hydrogen (secondary N) is 2. The Morgan fingerprint density at radius 2 is 1.93 bits per heavy atom. The van der Waals surface area contributed by atoms with Crippen molar-refractivity contribution < 1.29 is 4.79 Å². The molecule has 0 spiro atoms. The van der Waals surface area contributed by atoms with Crippen molar-refractivity contribution in [3.63, 3.8) is 0 Å². The average Bonchev–Trinajstić information content (AvgIpc) is 3.08. The third-order valence-electron chi connectivity index (χ3n) is 4.17. The van der Waals surface area contributed by atoms with Gasteiger partial charge in [-0.15, -0.1) is 11.3 Å².